The minimum absolute atomic E-state index is 0.161. The Hall–Kier alpha value is -2.04. The average molecular weight is 277 g/mol. The third kappa shape index (κ3) is 2.48. The molecule has 0 fully saturated rings. The summed E-state index contributed by atoms with van der Waals surface area (Å²) in [5.41, 5.74) is 1.64. The van der Waals surface area contributed by atoms with Gasteiger partial charge in [0.05, 0.1) is 5.69 Å². The van der Waals surface area contributed by atoms with E-state index < -0.39 is 5.82 Å². The summed E-state index contributed by atoms with van der Waals surface area (Å²) in [5, 5.41) is 2.51. The van der Waals surface area contributed by atoms with E-state index >= 15 is 0 Å². The van der Waals surface area contributed by atoms with Crippen molar-refractivity contribution in [3.05, 3.63) is 28.6 Å². The number of hydrogen-bond acceptors (Lipinski definition) is 3. The van der Waals surface area contributed by atoms with Crippen LogP contribution in [0.25, 0.3) is 0 Å². The molecule has 0 aromatic heterocycles. The summed E-state index contributed by atoms with van der Waals surface area (Å²) in [6.45, 7) is 2.93. The second kappa shape index (κ2) is 5.53. The Labute approximate surface area is 116 Å². The minimum Gasteiger partial charge on any atom is -0.326 e. The summed E-state index contributed by atoms with van der Waals surface area (Å²) in [6.07, 6.45) is 1.96. The molecule has 0 aliphatic heterocycles. The van der Waals surface area contributed by atoms with Crippen molar-refractivity contribution in [1.82, 2.24) is 0 Å². The molecule has 106 valence electrons. The number of aldehydes is 1. The Kier molecular flexibility index (Phi) is 3.97. The first kappa shape index (κ1) is 14.4. The van der Waals surface area contributed by atoms with Gasteiger partial charge in [0.15, 0.2) is 5.78 Å². The largest absolute Gasteiger partial charge is 0.326 e. The van der Waals surface area contributed by atoms with E-state index in [1.165, 1.54) is 13.0 Å². The van der Waals surface area contributed by atoms with Crippen molar-refractivity contribution in [2.75, 3.05) is 5.32 Å². The van der Waals surface area contributed by atoms with Crippen LogP contribution in [-0.4, -0.2) is 18.0 Å². The molecule has 1 amide bonds. The highest BCUT2D eigenvalue weighted by atomic mass is 19.1. The molecule has 1 N–H and O–H groups in total. The molecule has 0 heterocycles. The second-order valence-electron chi connectivity index (χ2n) is 5.07. The fraction of sp³-hybridized carbons (Fsp3) is 0.400. The van der Waals surface area contributed by atoms with E-state index in [9.17, 15) is 18.8 Å². The van der Waals surface area contributed by atoms with Crippen LogP contribution in [0.15, 0.2) is 6.07 Å². The summed E-state index contributed by atoms with van der Waals surface area (Å²) in [5.74, 6) is -1.36. The molecule has 1 aromatic carbocycles. The molecule has 1 atom stereocenters. The molecule has 0 radical (unpaired) electrons. The Morgan fingerprint density at radius 2 is 2.25 bits per heavy atom. The zero-order valence-electron chi connectivity index (χ0n) is 11.5. The van der Waals surface area contributed by atoms with Crippen molar-refractivity contribution in [1.29, 1.82) is 0 Å². The van der Waals surface area contributed by atoms with Gasteiger partial charge in [-0.05, 0) is 37.0 Å². The fourth-order valence-corrected chi connectivity index (χ4v) is 2.68. The maximum Gasteiger partial charge on any atom is 0.221 e. The van der Waals surface area contributed by atoms with Crippen LogP contribution in [0.4, 0.5) is 10.1 Å². The number of anilines is 1. The standard InChI is InChI=1S/C15H16FNO3/c1-8-11-4-3-10(5-6-18)15(20)14(11)13(7-12(8)16)17-9(2)19/h6-7,10H,3-5H2,1-2H3,(H,17,19). The number of carbonyl (C=O) groups is 3. The normalized spacial score (nSPS) is 17.6. The molecule has 0 bridgehead atoms. The monoisotopic (exact) mass is 277 g/mol. The first-order valence-corrected chi connectivity index (χ1v) is 6.53. The number of ketones is 1. The van der Waals surface area contributed by atoms with Crippen LogP contribution in [-0.2, 0) is 16.0 Å². The van der Waals surface area contributed by atoms with Crippen molar-refractivity contribution >= 4 is 23.7 Å². The molecular formula is C15H16FNO3. The third-order valence-electron chi connectivity index (χ3n) is 3.70. The Balaban J connectivity index is 2.56. The van der Waals surface area contributed by atoms with Gasteiger partial charge in [-0.1, -0.05) is 0 Å². The molecule has 1 aliphatic rings. The van der Waals surface area contributed by atoms with Gasteiger partial charge in [0, 0.05) is 24.8 Å². The van der Waals surface area contributed by atoms with Gasteiger partial charge in [-0.25, -0.2) is 4.39 Å². The summed E-state index contributed by atoms with van der Waals surface area (Å²) in [4.78, 5) is 34.3. The number of amides is 1. The summed E-state index contributed by atoms with van der Waals surface area (Å²) in [7, 11) is 0. The van der Waals surface area contributed by atoms with E-state index in [0.717, 1.165) is 6.29 Å². The zero-order chi connectivity index (χ0) is 14.9. The van der Waals surface area contributed by atoms with Gasteiger partial charge in [0.1, 0.15) is 12.1 Å². The molecule has 0 saturated heterocycles. The molecule has 4 nitrogen and oxygen atoms in total. The van der Waals surface area contributed by atoms with Crippen molar-refractivity contribution in [3.8, 4) is 0 Å². The lowest BCUT2D eigenvalue weighted by atomic mass is 9.79. The van der Waals surface area contributed by atoms with Crippen molar-refractivity contribution < 1.29 is 18.8 Å². The van der Waals surface area contributed by atoms with Gasteiger partial charge < -0.3 is 10.1 Å². The first-order valence-electron chi connectivity index (χ1n) is 6.53. The van der Waals surface area contributed by atoms with E-state index in [0.29, 0.717) is 29.5 Å². The van der Waals surface area contributed by atoms with Crippen LogP contribution in [0, 0.1) is 18.7 Å². The molecule has 1 aliphatic carbocycles. The third-order valence-corrected chi connectivity index (χ3v) is 3.70. The van der Waals surface area contributed by atoms with Crippen LogP contribution < -0.4 is 5.32 Å². The molecule has 20 heavy (non-hydrogen) atoms. The zero-order valence-corrected chi connectivity index (χ0v) is 11.5. The van der Waals surface area contributed by atoms with E-state index in [1.54, 1.807) is 6.92 Å². The second-order valence-corrected chi connectivity index (χ2v) is 5.07. The number of hydrogen-bond donors (Lipinski definition) is 1. The van der Waals surface area contributed by atoms with Gasteiger partial charge in [0.2, 0.25) is 5.91 Å². The smallest absolute Gasteiger partial charge is 0.221 e. The number of Topliss-reactive ketones (excluding diaryl/α,β-unsaturated/α-hetero) is 1. The number of rotatable bonds is 3. The molecule has 0 saturated carbocycles. The van der Waals surface area contributed by atoms with Crippen LogP contribution in [0.3, 0.4) is 0 Å². The number of halogens is 1. The van der Waals surface area contributed by atoms with Crippen LogP contribution >= 0.6 is 0 Å². The fourth-order valence-electron chi connectivity index (χ4n) is 2.68. The molecule has 2 rings (SSSR count). The molecule has 1 aromatic rings. The van der Waals surface area contributed by atoms with E-state index in [1.807, 2.05) is 0 Å². The predicted octanol–water partition coefficient (Wildman–Crippen LogP) is 2.43. The van der Waals surface area contributed by atoms with Gasteiger partial charge >= 0.3 is 0 Å². The summed E-state index contributed by atoms with van der Waals surface area (Å²) < 4.78 is 13.9. The minimum atomic E-state index is -0.436. The number of nitrogens with one attached hydrogen (secondary N) is 1. The average Bonchev–Trinajstić information content (AvgIpc) is 2.37. The van der Waals surface area contributed by atoms with E-state index in [4.69, 9.17) is 0 Å². The quantitative estimate of drug-likeness (QED) is 0.863. The Morgan fingerprint density at radius 3 is 2.85 bits per heavy atom. The van der Waals surface area contributed by atoms with Crippen LogP contribution in [0.2, 0.25) is 0 Å². The molecule has 5 heteroatoms. The van der Waals surface area contributed by atoms with Gasteiger partial charge in [0.25, 0.3) is 0 Å². The lowest BCUT2D eigenvalue weighted by Crippen LogP contribution is -2.26. The van der Waals surface area contributed by atoms with Crippen molar-refractivity contribution in [3.63, 3.8) is 0 Å². The Bertz CT molecular complexity index is 595. The Morgan fingerprint density at radius 1 is 1.55 bits per heavy atom. The van der Waals surface area contributed by atoms with E-state index in [-0.39, 0.29) is 29.7 Å². The lowest BCUT2D eigenvalue weighted by Gasteiger charge is -2.26. The molecule has 1 unspecified atom stereocenters. The maximum absolute atomic E-state index is 13.9. The van der Waals surface area contributed by atoms with Gasteiger partial charge in [-0.2, -0.15) is 0 Å². The SMILES string of the molecule is CC(=O)Nc1cc(F)c(C)c2c1C(=O)C(CC=O)CC2. The molecule has 0 spiro atoms. The maximum atomic E-state index is 13.9. The number of fused-ring (bicyclic) bond motifs is 1. The van der Waals surface area contributed by atoms with E-state index in [2.05, 4.69) is 5.32 Å². The van der Waals surface area contributed by atoms with Crippen LogP contribution in [0.5, 0.6) is 0 Å². The van der Waals surface area contributed by atoms with Crippen molar-refractivity contribution in [2.24, 2.45) is 5.92 Å². The predicted molar refractivity (Wildman–Crippen MR) is 72.3 cm³/mol. The lowest BCUT2D eigenvalue weighted by molar-refractivity contribution is -0.114. The highest BCUT2D eigenvalue weighted by Crippen LogP contribution is 2.35. The first-order chi connectivity index (χ1) is 9.45. The summed E-state index contributed by atoms with van der Waals surface area (Å²) in [6, 6.07) is 1.18. The van der Waals surface area contributed by atoms with Crippen LogP contribution in [0.1, 0.15) is 41.3 Å². The highest BCUT2D eigenvalue weighted by molar-refractivity contribution is 6.08. The topological polar surface area (TPSA) is 63.2 Å². The number of benzene rings is 1. The van der Waals surface area contributed by atoms with Gasteiger partial charge in [-0.3, -0.25) is 9.59 Å². The number of carbonyl (C=O) groups excluding carboxylic acids is 3. The summed E-state index contributed by atoms with van der Waals surface area (Å²) >= 11 is 0. The van der Waals surface area contributed by atoms with Crippen molar-refractivity contribution in [2.45, 2.75) is 33.1 Å². The highest BCUT2D eigenvalue weighted by Gasteiger charge is 2.31. The molecular weight excluding hydrogens is 261 g/mol. The van der Waals surface area contributed by atoms with Gasteiger partial charge in [-0.15, -0.1) is 0 Å².